The topological polar surface area (TPSA) is 59.5 Å². The van der Waals surface area contributed by atoms with Crippen molar-refractivity contribution >= 4 is 11.4 Å². The number of hydrazine groups is 1. The van der Waals surface area contributed by atoms with E-state index in [4.69, 9.17) is 5.84 Å². The minimum Gasteiger partial charge on any atom is -0.312 e. The van der Waals surface area contributed by atoms with Gasteiger partial charge in [0.1, 0.15) is 5.69 Å². The molecule has 0 fully saturated rings. The molecule has 2 aromatic heterocycles. The molecule has 0 radical (unpaired) electrons. The van der Waals surface area contributed by atoms with Crippen molar-refractivity contribution in [2.75, 3.05) is 0 Å². The SMILES string of the molecule is Cc1cc2ccccn2c1C(=O)NN. The summed E-state index contributed by atoms with van der Waals surface area (Å²) in [6.07, 6.45) is 1.84. The number of nitrogens with zero attached hydrogens (tertiary/aromatic N) is 1. The average molecular weight is 189 g/mol. The maximum absolute atomic E-state index is 11.5. The van der Waals surface area contributed by atoms with Crippen molar-refractivity contribution in [3.63, 3.8) is 0 Å². The summed E-state index contributed by atoms with van der Waals surface area (Å²) in [6.45, 7) is 1.89. The summed E-state index contributed by atoms with van der Waals surface area (Å²) in [6, 6.07) is 7.70. The fourth-order valence-corrected chi connectivity index (χ4v) is 1.61. The van der Waals surface area contributed by atoms with Crippen molar-refractivity contribution in [1.29, 1.82) is 0 Å². The molecule has 0 spiro atoms. The van der Waals surface area contributed by atoms with Gasteiger partial charge in [0.15, 0.2) is 0 Å². The maximum atomic E-state index is 11.5. The Morgan fingerprint density at radius 3 is 3.00 bits per heavy atom. The van der Waals surface area contributed by atoms with Crippen molar-refractivity contribution in [3.8, 4) is 0 Å². The smallest absolute Gasteiger partial charge is 0.282 e. The van der Waals surface area contributed by atoms with Gasteiger partial charge in [0.05, 0.1) is 0 Å². The van der Waals surface area contributed by atoms with Crippen LogP contribution in [0.4, 0.5) is 0 Å². The molecule has 0 bridgehead atoms. The van der Waals surface area contributed by atoms with Crippen LogP contribution in [0.5, 0.6) is 0 Å². The van der Waals surface area contributed by atoms with Gasteiger partial charge in [0.25, 0.3) is 5.91 Å². The molecule has 2 heterocycles. The third kappa shape index (κ3) is 1.16. The number of aromatic nitrogens is 1. The molecule has 0 aromatic carbocycles. The molecule has 2 aromatic rings. The number of carbonyl (C=O) groups is 1. The zero-order chi connectivity index (χ0) is 10.1. The van der Waals surface area contributed by atoms with Gasteiger partial charge in [-0.15, -0.1) is 0 Å². The Morgan fingerprint density at radius 1 is 1.50 bits per heavy atom. The molecule has 0 saturated carbocycles. The van der Waals surface area contributed by atoms with Crippen LogP contribution in [-0.2, 0) is 0 Å². The van der Waals surface area contributed by atoms with Crippen LogP contribution in [0.1, 0.15) is 16.1 Å². The predicted octanol–water partition coefficient (Wildman–Crippen LogP) is 0.851. The first-order valence-electron chi connectivity index (χ1n) is 4.31. The summed E-state index contributed by atoms with van der Waals surface area (Å²) >= 11 is 0. The van der Waals surface area contributed by atoms with Crippen LogP contribution in [0, 0.1) is 6.92 Å². The number of hydrogen-bond donors (Lipinski definition) is 2. The van der Waals surface area contributed by atoms with E-state index in [-0.39, 0.29) is 5.91 Å². The lowest BCUT2D eigenvalue weighted by Gasteiger charge is -2.01. The summed E-state index contributed by atoms with van der Waals surface area (Å²) in [5.41, 5.74) is 4.63. The lowest BCUT2D eigenvalue weighted by molar-refractivity contribution is 0.0947. The minimum absolute atomic E-state index is 0.270. The summed E-state index contributed by atoms with van der Waals surface area (Å²) in [4.78, 5) is 11.5. The zero-order valence-electron chi connectivity index (χ0n) is 7.82. The van der Waals surface area contributed by atoms with E-state index in [0.29, 0.717) is 5.69 Å². The van der Waals surface area contributed by atoms with Gasteiger partial charge in [-0.25, -0.2) is 5.84 Å². The third-order valence-corrected chi connectivity index (χ3v) is 2.22. The Kier molecular flexibility index (Phi) is 1.98. The first-order chi connectivity index (χ1) is 6.74. The molecule has 3 N–H and O–H groups in total. The third-order valence-electron chi connectivity index (χ3n) is 2.22. The molecule has 4 heteroatoms. The number of hydrogen-bond acceptors (Lipinski definition) is 2. The Hall–Kier alpha value is -1.81. The highest BCUT2D eigenvalue weighted by atomic mass is 16.2. The molecule has 72 valence electrons. The monoisotopic (exact) mass is 189 g/mol. The molecule has 1 amide bonds. The number of nitrogen functional groups attached to an aromatic ring is 1. The number of aryl methyl sites for hydroxylation is 1. The molecular weight excluding hydrogens is 178 g/mol. The summed E-state index contributed by atoms with van der Waals surface area (Å²) in [7, 11) is 0. The lowest BCUT2D eigenvalue weighted by Crippen LogP contribution is -2.31. The molecule has 0 aliphatic rings. The van der Waals surface area contributed by atoms with Gasteiger partial charge in [-0.1, -0.05) is 6.07 Å². The molecule has 0 unspecified atom stereocenters. The Balaban J connectivity index is 2.74. The Morgan fingerprint density at radius 2 is 2.29 bits per heavy atom. The van der Waals surface area contributed by atoms with E-state index in [1.807, 2.05) is 41.8 Å². The fraction of sp³-hybridized carbons (Fsp3) is 0.100. The van der Waals surface area contributed by atoms with Crippen LogP contribution >= 0.6 is 0 Å². The average Bonchev–Trinajstić information content (AvgIpc) is 2.53. The van der Waals surface area contributed by atoms with Gasteiger partial charge in [0.2, 0.25) is 0 Å². The van der Waals surface area contributed by atoms with Gasteiger partial charge in [-0.05, 0) is 30.7 Å². The van der Waals surface area contributed by atoms with Crippen molar-refractivity contribution in [1.82, 2.24) is 9.83 Å². The molecule has 0 aliphatic carbocycles. The van der Waals surface area contributed by atoms with E-state index in [9.17, 15) is 4.79 Å². The molecular formula is C10H11N3O. The summed E-state index contributed by atoms with van der Waals surface area (Å²) in [5.74, 6) is 4.84. The number of amides is 1. The van der Waals surface area contributed by atoms with E-state index in [0.717, 1.165) is 11.1 Å². The predicted molar refractivity (Wildman–Crippen MR) is 53.8 cm³/mol. The summed E-state index contributed by atoms with van der Waals surface area (Å²) in [5, 5.41) is 0. The highest BCUT2D eigenvalue weighted by Gasteiger charge is 2.12. The van der Waals surface area contributed by atoms with Gasteiger partial charge >= 0.3 is 0 Å². The van der Waals surface area contributed by atoms with Crippen molar-refractivity contribution in [2.24, 2.45) is 5.84 Å². The molecule has 0 atom stereocenters. The van der Waals surface area contributed by atoms with Crippen LogP contribution in [-0.4, -0.2) is 10.3 Å². The molecule has 4 nitrogen and oxygen atoms in total. The van der Waals surface area contributed by atoms with E-state index >= 15 is 0 Å². The van der Waals surface area contributed by atoms with Gasteiger partial charge in [-0.2, -0.15) is 0 Å². The first kappa shape index (κ1) is 8.77. The molecule has 0 saturated heterocycles. The first-order valence-corrected chi connectivity index (χ1v) is 4.31. The quantitative estimate of drug-likeness (QED) is 0.397. The Bertz CT molecular complexity index is 487. The van der Waals surface area contributed by atoms with E-state index < -0.39 is 0 Å². The number of rotatable bonds is 1. The molecule has 2 rings (SSSR count). The van der Waals surface area contributed by atoms with Gasteiger partial charge in [0, 0.05) is 11.7 Å². The summed E-state index contributed by atoms with van der Waals surface area (Å²) < 4.78 is 1.82. The normalized spacial score (nSPS) is 10.4. The second-order valence-corrected chi connectivity index (χ2v) is 3.14. The minimum atomic E-state index is -0.270. The van der Waals surface area contributed by atoms with Gasteiger partial charge in [-0.3, -0.25) is 10.2 Å². The number of fused-ring (bicyclic) bond motifs is 1. The lowest BCUT2D eigenvalue weighted by atomic mass is 10.2. The maximum Gasteiger partial charge on any atom is 0.282 e. The second kappa shape index (κ2) is 3.16. The molecule has 14 heavy (non-hydrogen) atoms. The van der Waals surface area contributed by atoms with Crippen LogP contribution in [0.15, 0.2) is 30.5 Å². The standard InChI is InChI=1S/C10H11N3O/c1-7-6-8-4-2-3-5-13(8)9(7)10(14)12-11/h2-6H,11H2,1H3,(H,12,14). The highest BCUT2D eigenvalue weighted by Crippen LogP contribution is 2.15. The second-order valence-electron chi connectivity index (χ2n) is 3.14. The fourth-order valence-electron chi connectivity index (χ4n) is 1.61. The number of nitrogens with two attached hydrogens (primary N) is 1. The zero-order valence-corrected chi connectivity index (χ0v) is 7.82. The largest absolute Gasteiger partial charge is 0.312 e. The molecule has 0 aliphatic heterocycles. The highest BCUT2D eigenvalue weighted by molar-refractivity contribution is 5.95. The number of nitrogens with one attached hydrogen (secondary N) is 1. The van der Waals surface area contributed by atoms with E-state index in [1.165, 1.54) is 0 Å². The van der Waals surface area contributed by atoms with Crippen LogP contribution in [0.3, 0.4) is 0 Å². The van der Waals surface area contributed by atoms with Crippen molar-refractivity contribution in [3.05, 3.63) is 41.7 Å². The van der Waals surface area contributed by atoms with Crippen LogP contribution in [0.2, 0.25) is 0 Å². The van der Waals surface area contributed by atoms with Crippen molar-refractivity contribution < 1.29 is 4.79 Å². The van der Waals surface area contributed by atoms with Crippen LogP contribution in [0.25, 0.3) is 5.52 Å². The van der Waals surface area contributed by atoms with Crippen LogP contribution < -0.4 is 11.3 Å². The van der Waals surface area contributed by atoms with Gasteiger partial charge < -0.3 is 4.40 Å². The number of carbonyl (C=O) groups excluding carboxylic acids is 1. The number of pyridine rings is 1. The Labute approximate surface area is 81.3 Å². The van der Waals surface area contributed by atoms with E-state index in [2.05, 4.69) is 5.43 Å². The van der Waals surface area contributed by atoms with Crippen molar-refractivity contribution in [2.45, 2.75) is 6.92 Å². The van der Waals surface area contributed by atoms with E-state index in [1.54, 1.807) is 0 Å².